The summed E-state index contributed by atoms with van der Waals surface area (Å²) in [6.07, 6.45) is -0.606. The van der Waals surface area contributed by atoms with Crippen LogP contribution in [0.5, 0.6) is 5.75 Å². The van der Waals surface area contributed by atoms with Gasteiger partial charge < -0.3 is 19.9 Å². The molecule has 0 amide bonds. The van der Waals surface area contributed by atoms with Crippen molar-refractivity contribution in [2.24, 2.45) is 0 Å². The summed E-state index contributed by atoms with van der Waals surface area (Å²) in [5, 5.41) is 12.4. The van der Waals surface area contributed by atoms with Crippen LogP contribution in [0.3, 0.4) is 0 Å². The van der Waals surface area contributed by atoms with Crippen molar-refractivity contribution in [3.05, 3.63) is 24.0 Å². The molecule has 2 unspecified atom stereocenters. The van der Waals surface area contributed by atoms with E-state index in [1.165, 1.54) is 13.2 Å². The van der Waals surface area contributed by atoms with Crippen LogP contribution in [-0.2, 0) is 4.74 Å². The van der Waals surface area contributed by atoms with Crippen LogP contribution in [0.25, 0.3) is 0 Å². The van der Waals surface area contributed by atoms with Crippen LogP contribution in [0.2, 0.25) is 0 Å². The Morgan fingerprint density at radius 2 is 2.31 bits per heavy atom. The third kappa shape index (κ3) is 2.25. The lowest BCUT2D eigenvalue weighted by molar-refractivity contribution is 0.125. The Morgan fingerprint density at radius 3 is 2.94 bits per heavy atom. The molecule has 0 bridgehead atoms. The average molecular weight is 227 g/mol. The second kappa shape index (κ2) is 4.67. The predicted octanol–water partition coefficient (Wildman–Crippen LogP) is 1.01. The molecule has 88 valence electrons. The van der Waals surface area contributed by atoms with Crippen LogP contribution in [0, 0.1) is 5.82 Å². The molecule has 1 saturated heterocycles. The zero-order valence-electron chi connectivity index (χ0n) is 8.94. The van der Waals surface area contributed by atoms with Gasteiger partial charge in [0.2, 0.25) is 0 Å². The third-order valence-corrected chi connectivity index (χ3v) is 2.56. The van der Waals surface area contributed by atoms with E-state index in [9.17, 15) is 9.50 Å². The van der Waals surface area contributed by atoms with E-state index >= 15 is 0 Å². The molecule has 2 atom stereocenters. The Morgan fingerprint density at radius 1 is 1.50 bits per heavy atom. The molecule has 0 aliphatic carbocycles. The standard InChI is InChI=1S/C11H14FNO3/c1-15-7-2-3-8(12)9(4-7)13-10-5-16-6-11(10)14/h2-4,10-11,13-14H,5-6H2,1H3. The Bertz CT molecular complexity index is 372. The van der Waals surface area contributed by atoms with Gasteiger partial charge in [-0.3, -0.25) is 0 Å². The number of benzene rings is 1. The number of halogens is 1. The molecule has 0 saturated carbocycles. The van der Waals surface area contributed by atoms with Gasteiger partial charge in [0, 0.05) is 6.07 Å². The van der Waals surface area contributed by atoms with Gasteiger partial charge in [-0.15, -0.1) is 0 Å². The van der Waals surface area contributed by atoms with Crippen LogP contribution >= 0.6 is 0 Å². The highest BCUT2D eigenvalue weighted by Gasteiger charge is 2.26. The molecule has 1 aliphatic heterocycles. The highest BCUT2D eigenvalue weighted by atomic mass is 19.1. The lowest BCUT2D eigenvalue weighted by atomic mass is 10.2. The van der Waals surface area contributed by atoms with Crippen LogP contribution in [0.15, 0.2) is 18.2 Å². The van der Waals surface area contributed by atoms with Gasteiger partial charge in [-0.05, 0) is 12.1 Å². The second-order valence-electron chi connectivity index (χ2n) is 3.70. The maximum Gasteiger partial charge on any atom is 0.146 e. The molecular weight excluding hydrogens is 213 g/mol. The van der Waals surface area contributed by atoms with E-state index in [0.717, 1.165) is 0 Å². The number of methoxy groups -OCH3 is 1. The van der Waals surface area contributed by atoms with Crippen LogP contribution < -0.4 is 10.1 Å². The minimum absolute atomic E-state index is 0.276. The highest BCUT2D eigenvalue weighted by molar-refractivity contribution is 5.50. The van der Waals surface area contributed by atoms with Crippen molar-refractivity contribution >= 4 is 5.69 Å². The average Bonchev–Trinajstić information content (AvgIpc) is 2.68. The first kappa shape index (κ1) is 11.2. The molecular formula is C11H14FNO3. The third-order valence-electron chi connectivity index (χ3n) is 2.56. The van der Waals surface area contributed by atoms with Crippen molar-refractivity contribution in [1.29, 1.82) is 0 Å². The summed E-state index contributed by atoms with van der Waals surface area (Å²) < 4.78 is 23.5. The lowest BCUT2D eigenvalue weighted by Gasteiger charge is -2.16. The summed E-state index contributed by atoms with van der Waals surface area (Å²) in [4.78, 5) is 0. The Labute approximate surface area is 93.0 Å². The van der Waals surface area contributed by atoms with Crippen molar-refractivity contribution in [3.8, 4) is 5.75 Å². The number of nitrogens with one attached hydrogen (secondary N) is 1. The zero-order valence-corrected chi connectivity index (χ0v) is 8.94. The summed E-state index contributed by atoms with van der Waals surface area (Å²) in [6.45, 7) is 0.654. The molecule has 1 aromatic carbocycles. The minimum Gasteiger partial charge on any atom is -0.497 e. The van der Waals surface area contributed by atoms with Crippen molar-refractivity contribution in [2.45, 2.75) is 12.1 Å². The molecule has 2 rings (SSSR count). The molecule has 1 heterocycles. The summed E-state index contributed by atoms with van der Waals surface area (Å²) in [5.74, 6) is 0.192. The number of hydrogen-bond donors (Lipinski definition) is 2. The SMILES string of the molecule is COc1ccc(F)c(NC2COCC2O)c1. The molecule has 1 aliphatic rings. The van der Waals surface area contributed by atoms with E-state index in [0.29, 0.717) is 18.0 Å². The van der Waals surface area contributed by atoms with Gasteiger partial charge in [-0.25, -0.2) is 4.39 Å². The number of hydrogen-bond acceptors (Lipinski definition) is 4. The molecule has 1 aromatic rings. The van der Waals surface area contributed by atoms with Gasteiger partial charge >= 0.3 is 0 Å². The molecule has 5 heteroatoms. The van der Waals surface area contributed by atoms with E-state index < -0.39 is 6.10 Å². The first-order valence-corrected chi connectivity index (χ1v) is 5.06. The molecule has 16 heavy (non-hydrogen) atoms. The van der Waals surface area contributed by atoms with Crippen molar-refractivity contribution in [1.82, 2.24) is 0 Å². The molecule has 0 radical (unpaired) electrons. The fourth-order valence-electron chi connectivity index (χ4n) is 1.62. The highest BCUT2D eigenvalue weighted by Crippen LogP contribution is 2.23. The molecule has 1 fully saturated rings. The number of aliphatic hydroxyl groups is 1. The Balaban J connectivity index is 2.13. The van der Waals surface area contributed by atoms with Crippen LogP contribution in [-0.4, -0.2) is 37.6 Å². The van der Waals surface area contributed by atoms with E-state index in [1.807, 2.05) is 0 Å². The molecule has 0 aromatic heterocycles. The maximum absolute atomic E-state index is 13.4. The van der Waals surface area contributed by atoms with Crippen molar-refractivity contribution < 1.29 is 19.0 Å². The quantitative estimate of drug-likeness (QED) is 0.809. The van der Waals surface area contributed by atoms with E-state index in [4.69, 9.17) is 9.47 Å². The first-order valence-electron chi connectivity index (χ1n) is 5.06. The van der Waals surface area contributed by atoms with E-state index in [-0.39, 0.29) is 18.5 Å². The van der Waals surface area contributed by atoms with Crippen molar-refractivity contribution in [3.63, 3.8) is 0 Å². The minimum atomic E-state index is -0.606. The fourth-order valence-corrected chi connectivity index (χ4v) is 1.62. The normalized spacial score (nSPS) is 24.4. The molecule has 0 spiro atoms. The summed E-state index contributed by atoms with van der Waals surface area (Å²) in [6, 6.07) is 4.15. The van der Waals surface area contributed by atoms with E-state index in [2.05, 4.69) is 5.32 Å². The summed E-state index contributed by atoms with van der Waals surface area (Å²) >= 11 is 0. The molecule has 2 N–H and O–H groups in total. The Hall–Kier alpha value is -1.33. The van der Waals surface area contributed by atoms with Crippen molar-refractivity contribution in [2.75, 3.05) is 25.6 Å². The predicted molar refractivity (Wildman–Crippen MR) is 57.2 cm³/mol. The van der Waals surface area contributed by atoms with Gasteiger partial charge in [-0.1, -0.05) is 0 Å². The lowest BCUT2D eigenvalue weighted by Crippen LogP contribution is -2.32. The van der Waals surface area contributed by atoms with Gasteiger partial charge in [0.05, 0.1) is 38.2 Å². The number of anilines is 1. The number of ether oxygens (including phenoxy) is 2. The van der Waals surface area contributed by atoms with Crippen LogP contribution in [0.1, 0.15) is 0 Å². The zero-order chi connectivity index (χ0) is 11.5. The Kier molecular flexibility index (Phi) is 3.26. The molecule has 4 nitrogen and oxygen atoms in total. The van der Waals surface area contributed by atoms with Crippen LogP contribution in [0.4, 0.5) is 10.1 Å². The number of rotatable bonds is 3. The maximum atomic E-state index is 13.4. The van der Waals surface area contributed by atoms with Gasteiger partial charge in [0.1, 0.15) is 11.6 Å². The van der Waals surface area contributed by atoms with Gasteiger partial charge in [0.15, 0.2) is 0 Å². The first-order chi connectivity index (χ1) is 7.70. The van der Waals surface area contributed by atoms with Gasteiger partial charge in [0.25, 0.3) is 0 Å². The fraction of sp³-hybridized carbons (Fsp3) is 0.455. The summed E-state index contributed by atoms with van der Waals surface area (Å²) in [7, 11) is 1.52. The monoisotopic (exact) mass is 227 g/mol. The second-order valence-corrected chi connectivity index (χ2v) is 3.70. The summed E-state index contributed by atoms with van der Waals surface area (Å²) in [5.41, 5.74) is 0.314. The van der Waals surface area contributed by atoms with Gasteiger partial charge in [-0.2, -0.15) is 0 Å². The topological polar surface area (TPSA) is 50.7 Å². The largest absolute Gasteiger partial charge is 0.497 e. The smallest absolute Gasteiger partial charge is 0.146 e. The van der Waals surface area contributed by atoms with E-state index in [1.54, 1.807) is 12.1 Å². The number of aliphatic hydroxyl groups excluding tert-OH is 1.